The van der Waals surface area contributed by atoms with Crippen molar-refractivity contribution in [3.8, 4) is 0 Å². The molecule has 1 rings (SSSR count). The summed E-state index contributed by atoms with van der Waals surface area (Å²) in [6.45, 7) is 3.01. The van der Waals surface area contributed by atoms with Crippen molar-refractivity contribution in [1.29, 1.82) is 0 Å². The van der Waals surface area contributed by atoms with Crippen molar-refractivity contribution in [2.24, 2.45) is 0 Å². The van der Waals surface area contributed by atoms with E-state index in [4.69, 9.17) is 0 Å². The number of aryl methyl sites for hydroxylation is 1. The Morgan fingerprint density at radius 3 is 2.56 bits per heavy atom. The Kier molecular flexibility index (Phi) is 5.26. The molecule has 18 heavy (non-hydrogen) atoms. The minimum atomic E-state index is -0.704. The highest BCUT2D eigenvalue weighted by Gasteiger charge is 2.13. The maximum atomic E-state index is 11.5. The highest BCUT2D eigenvalue weighted by Crippen LogP contribution is 2.03. The lowest BCUT2D eigenvalue weighted by Crippen LogP contribution is -2.38. The van der Waals surface area contributed by atoms with Crippen LogP contribution in [0.25, 0.3) is 0 Å². The van der Waals surface area contributed by atoms with Gasteiger partial charge in [0.2, 0.25) is 0 Å². The molecule has 0 saturated carbocycles. The number of likely N-dealkylation sites (N-methyl/N-ethyl adjacent to an activating group) is 1. The molecule has 0 fully saturated rings. The molecule has 2 N–H and O–H groups in total. The van der Waals surface area contributed by atoms with Crippen LogP contribution < -0.4 is 10.6 Å². The molecule has 0 saturated heterocycles. The summed E-state index contributed by atoms with van der Waals surface area (Å²) in [5.74, 6) is -0.988. The molecule has 0 aliphatic heterocycles. The Bertz CT molecular complexity index is 415. The van der Waals surface area contributed by atoms with E-state index in [0.717, 1.165) is 5.56 Å². The van der Waals surface area contributed by atoms with Gasteiger partial charge in [0.05, 0.1) is 0 Å². The van der Waals surface area contributed by atoms with Crippen LogP contribution >= 0.6 is 0 Å². The van der Waals surface area contributed by atoms with Gasteiger partial charge < -0.3 is 15.5 Å². The Labute approximate surface area is 106 Å². The SMILES string of the molecule is Cc1ccc(NC(=O)C(=O)NCCN(C)C)nc1. The molecule has 0 bridgehead atoms. The second kappa shape index (κ2) is 6.70. The fourth-order valence-electron chi connectivity index (χ4n) is 1.19. The minimum Gasteiger partial charge on any atom is -0.347 e. The largest absolute Gasteiger partial charge is 0.347 e. The van der Waals surface area contributed by atoms with E-state index < -0.39 is 11.8 Å². The second-order valence-electron chi connectivity index (χ2n) is 4.23. The zero-order valence-electron chi connectivity index (χ0n) is 10.9. The average molecular weight is 250 g/mol. The van der Waals surface area contributed by atoms with E-state index in [9.17, 15) is 9.59 Å². The molecule has 1 aromatic heterocycles. The number of hydrogen-bond donors (Lipinski definition) is 2. The number of amides is 2. The number of rotatable bonds is 4. The summed E-state index contributed by atoms with van der Waals surface area (Å²) in [6.07, 6.45) is 1.62. The summed E-state index contributed by atoms with van der Waals surface area (Å²) >= 11 is 0. The predicted molar refractivity (Wildman–Crippen MR) is 69.2 cm³/mol. The van der Waals surface area contributed by atoms with E-state index in [2.05, 4.69) is 15.6 Å². The van der Waals surface area contributed by atoms with Crippen LogP contribution in [0.3, 0.4) is 0 Å². The molecule has 0 spiro atoms. The molecule has 0 atom stereocenters. The molecule has 1 heterocycles. The number of pyridine rings is 1. The smallest absolute Gasteiger partial charge is 0.314 e. The first-order valence-electron chi connectivity index (χ1n) is 5.65. The summed E-state index contributed by atoms with van der Waals surface area (Å²) in [4.78, 5) is 28.8. The quantitative estimate of drug-likeness (QED) is 0.738. The van der Waals surface area contributed by atoms with Crippen molar-refractivity contribution in [3.63, 3.8) is 0 Å². The van der Waals surface area contributed by atoms with Crippen LogP contribution in [0, 0.1) is 6.92 Å². The van der Waals surface area contributed by atoms with E-state index in [1.54, 1.807) is 12.3 Å². The number of carbonyl (C=O) groups is 2. The van der Waals surface area contributed by atoms with Crippen LogP contribution in [0.4, 0.5) is 5.82 Å². The van der Waals surface area contributed by atoms with Crippen molar-refractivity contribution >= 4 is 17.6 Å². The Morgan fingerprint density at radius 2 is 2.00 bits per heavy atom. The van der Waals surface area contributed by atoms with Crippen LogP contribution in [-0.4, -0.2) is 48.9 Å². The lowest BCUT2D eigenvalue weighted by Gasteiger charge is -2.10. The number of hydrogen-bond acceptors (Lipinski definition) is 4. The molecule has 6 heteroatoms. The van der Waals surface area contributed by atoms with Gasteiger partial charge in [0.1, 0.15) is 5.82 Å². The average Bonchev–Trinajstić information content (AvgIpc) is 2.31. The van der Waals surface area contributed by atoms with Gasteiger partial charge in [-0.2, -0.15) is 0 Å². The zero-order valence-corrected chi connectivity index (χ0v) is 10.9. The van der Waals surface area contributed by atoms with Crippen molar-refractivity contribution < 1.29 is 9.59 Å². The summed E-state index contributed by atoms with van der Waals surface area (Å²) in [5.41, 5.74) is 0.989. The van der Waals surface area contributed by atoms with Gasteiger partial charge in [-0.05, 0) is 32.6 Å². The fraction of sp³-hybridized carbons (Fsp3) is 0.417. The summed E-state index contributed by atoms with van der Waals surface area (Å²) in [6, 6.07) is 3.47. The highest BCUT2D eigenvalue weighted by atomic mass is 16.2. The molecule has 0 aliphatic rings. The lowest BCUT2D eigenvalue weighted by molar-refractivity contribution is -0.136. The highest BCUT2D eigenvalue weighted by molar-refractivity contribution is 6.39. The Morgan fingerprint density at radius 1 is 1.28 bits per heavy atom. The second-order valence-corrected chi connectivity index (χ2v) is 4.23. The third-order valence-corrected chi connectivity index (χ3v) is 2.20. The number of nitrogens with zero attached hydrogens (tertiary/aromatic N) is 2. The Balaban J connectivity index is 2.40. The first kappa shape index (κ1) is 14.1. The molecule has 0 unspecified atom stereocenters. The number of nitrogens with one attached hydrogen (secondary N) is 2. The fourth-order valence-corrected chi connectivity index (χ4v) is 1.19. The van der Waals surface area contributed by atoms with Gasteiger partial charge in [0.25, 0.3) is 0 Å². The van der Waals surface area contributed by atoms with Gasteiger partial charge in [0, 0.05) is 19.3 Å². The molecule has 0 aromatic carbocycles. The molecule has 1 aromatic rings. The third-order valence-electron chi connectivity index (χ3n) is 2.20. The monoisotopic (exact) mass is 250 g/mol. The van der Waals surface area contributed by atoms with Crippen LogP contribution in [0.1, 0.15) is 5.56 Å². The van der Waals surface area contributed by atoms with Gasteiger partial charge >= 0.3 is 11.8 Å². The first-order valence-corrected chi connectivity index (χ1v) is 5.65. The van der Waals surface area contributed by atoms with Crippen LogP contribution in [0.15, 0.2) is 18.3 Å². The van der Waals surface area contributed by atoms with Gasteiger partial charge in [0.15, 0.2) is 0 Å². The maximum absolute atomic E-state index is 11.5. The van der Waals surface area contributed by atoms with Crippen LogP contribution in [0.2, 0.25) is 0 Å². The van der Waals surface area contributed by atoms with Crippen molar-refractivity contribution in [2.45, 2.75) is 6.92 Å². The molecule has 0 aliphatic carbocycles. The number of carbonyl (C=O) groups excluding carboxylic acids is 2. The van der Waals surface area contributed by atoms with E-state index in [-0.39, 0.29) is 0 Å². The lowest BCUT2D eigenvalue weighted by atomic mass is 10.3. The molecule has 6 nitrogen and oxygen atoms in total. The summed E-state index contributed by atoms with van der Waals surface area (Å²) in [5, 5.41) is 4.96. The van der Waals surface area contributed by atoms with Gasteiger partial charge in [-0.15, -0.1) is 0 Å². The maximum Gasteiger partial charge on any atom is 0.314 e. The van der Waals surface area contributed by atoms with Crippen molar-refractivity contribution in [2.75, 3.05) is 32.5 Å². The number of aromatic nitrogens is 1. The normalized spacial score (nSPS) is 10.2. The summed E-state index contributed by atoms with van der Waals surface area (Å²) < 4.78 is 0. The van der Waals surface area contributed by atoms with E-state index >= 15 is 0 Å². The molecule has 98 valence electrons. The van der Waals surface area contributed by atoms with Crippen molar-refractivity contribution in [1.82, 2.24) is 15.2 Å². The van der Waals surface area contributed by atoms with Gasteiger partial charge in [-0.25, -0.2) is 4.98 Å². The predicted octanol–water partition coefficient (Wildman–Crippen LogP) is 0.00632. The molecular formula is C12H18N4O2. The van der Waals surface area contributed by atoms with E-state index in [1.807, 2.05) is 32.0 Å². The Hall–Kier alpha value is -1.95. The van der Waals surface area contributed by atoms with Gasteiger partial charge in [-0.1, -0.05) is 6.07 Å². The topological polar surface area (TPSA) is 74.3 Å². The molecule has 2 amide bonds. The molecular weight excluding hydrogens is 232 g/mol. The van der Waals surface area contributed by atoms with Gasteiger partial charge in [-0.3, -0.25) is 9.59 Å². The summed E-state index contributed by atoms with van der Waals surface area (Å²) in [7, 11) is 3.78. The van der Waals surface area contributed by atoms with Crippen LogP contribution in [0.5, 0.6) is 0 Å². The van der Waals surface area contributed by atoms with Crippen LogP contribution in [-0.2, 0) is 9.59 Å². The van der Waals surface area contributed by atoms with E-state index in [0.29, 0.717) is 18.9 Å². The van der Waals surface area contributed by atoms with E-state index in [1.165, 1.54) is 0 Å². The minimum absolute atomic E-state index is 0.369. The van der Waals surface area contributed by atoms with Crippen molar-refractivity contribution in [3.05, 3.63) is 23.9 Å². The third kappa shape index (κ3) is 4.92. The zero-order chi connectivity index (χ0) is 13.5. The molecule has 0 radical (unpaired) electrons. The first-order chi connectivity index (χ1) is 8.49. The number of anilines is 1. The standard InChI is InChI=1S/C12H18N4O2/c1-9-4-5-10(14-8-9)15-12(18)11(17)13-6-7-16(2)3/h4-5,8H,6-7H2,1-3H3,(H,13,17)(H,14,15,18).